The molecule has 5 rings (SSSR count). The van der Waals surface area contributed by atoms with Gasteiger partial charge in [0.15, 0.2) is 0 Å². The molecule has 3 aliphatic rings. The van der Waals surface area contributed by atoms with Crippen molar-refractivity contribution in [2.75, 3.05) is 24.6 Å². The SMILES string of the molecule is C[C@H]1CC[C@H](c2ccccc2)S(=O)(=O)N1Cc1ccc(N2CC3(CCO3)C2)cc1F. The molecule has 2 atom stereocenters. The number of sulfonamides is 1. The van der Waals surface area contributed by atoms with E-state index in [4.69, 9.17) is 4.74 Å². The molecule has 0 aliphatic carbocycles. The maximum absolute atomic E-state index is 14.9. The highest BCUT2D eigenvalue weighted by Crippen LogP contribution is 2.40. The van der Waals surface area contributed by atoms with E-state index in [1.54, 1.807) is 6.07 Å². The lowest BCUT2D eigenvalue weighted by Crippen LogP contribution is -2.68. The Balaban J connectivity index is 1.35. The van der Waals surface area contributed by atoms with E-state index in [-0.39, 0.29) is 24.0 Å². The van der Waals surface area contributed by atoms with Crippen molar-refractivity contribution < 1.29 is 17.5 Å². The molecule has 0 radical (unpaired) electrons. The summed E-state index contributed by atoms with van der Waals surface area (Å²) in [5, 5.41) is -0.572. The molecule has 1 spiro atoms. The van der Waals surface area contributed by atoms with Crippen molar-refractivity contribution in [3.8, 4) is 0 Å². The number of nitrogens with zero attached hydrogens (tertiary/aromatic N) is 2. The Morgan fingerprint density at radius 1 is 1.13 bits per heavy atom. The average molecular weight is 431 g/mol. The molecule has 0 N–H and O–H groups in total. The molecular weight excluding hydrogens is 403 g/mol. The minimum atomic E-state index is -3.57. The molecule has 3 fully saturated rings. The molecule has 0 aromatic heterocycles. The van der Waals surface area contributed by atoms with E-state index in [1.165, 1.54) is 10.4 Å². The summed E-state index contributed by atoms with van der Waals surface area (Å²) in [6.45, 7) is 4.37. The highest BCUT2D eigenvalue weighted by molar-refractivity contribution is 7.89. The van der Waals surface area contributed by atoms with Crippen LogP contribution in [-0.2, 0) is 21.3 Å². The number of halogens is 1. The van der Waals surface area contributed by atoms with Crippen molar-refractivity contribution in [3.05, 3.63) is 65.5 Å². The minimum Gasteiger partial charge on any atom is -0.371 e. The summed E-state index contributed by atoms with van der Waals surface area (Å²) in [5.41, 5.74) is 2.03. The smallest absolute Gasteiger partial charge is 0.221 e. The van der Waals surface area contributed by atoms with Gasteiger partial charge in [-0.25, -0.2) is 12.8 Å². The van der Waals surface area contributed by atoms with Gasteiger partial charge in [-0.05, 0) is 37.5 Å². The van der Waals surface area contributed by atoms with Crippen LogP contribution >= 0.6 is 0 Å². The number of anilines is 1. The first-order valence-electron chi connectivity index (χ1n) is 10.6. The predicted molar refractivity (Wildman–Crippen MR) is 114 cm³/mol. The molecule has 3 aliphatic heterocycles. The van der Waals surface area contributed by atoms with Crippen LogP contribution in [0.1, 0.15) is 42.6 Å². The lowest BCUT2D eigenvalue weighted by molar-refractivity contribution is -0.160. The Bertz CT molecular complexity index is 1030. The monoisotopic (exact) mass is 430 g/mol. The highest BCUT2D eigenvalue weighted by Gasteiger charge is 2.49. The van der Waals surface area contributed by atoms with E-state index in [0.29, 0.717) is 12.0 Å². The molecule has 160 valence electrons. The third-order valence-corrected chi connectivity index (χ3v) is 9.22. The van der Waals surface area contributed by atoms with Crippen LogP contribution in [0.2, 0.25) is 0 Å². The van der Waals surface area contributed by atoms with Gasteiger partial charge in [-0.3, -0.25) is 0 Å². The Hall–Kier alpha value is -1.96. The van der Waals surface area contributed by atoms with Gasteiger partial charge in [0.2, 0.25) is 10.0 Å². The van der Waals surface area contributed by atoms with Crippen molar-refractivity contribution in [1.82, 2.24) is 4.31 Å². The number of hydrogen-bond acceptors (Lipinski definition) is 4. The van der Waals surface area contributed by atoms with Gasteiger partial charge in [-0.1, -0.05) is 36.4 Å². The summed E-state index contributed by atoms with van der Waals surface area (Å²) in [6, 6.07) is 14.3. The number of hydrogen-bond donors (Lipinski definition) is 0. The van der Waals surface area contributed by atoms with Crippen LogP contribution in [0.3, 0.4) is 0 Å². The minimum absolute atomic E-state index is 0.0150. The fourth-order valence-corrected chi connectivity index (χ4v) is 7.04. The maximum atomic E-state index is 14.9. The fraction of sp³-hybridized carbons (Fsp3) is 0.478. The molecule has 30 heavy (non-hydrogen) atoms. The van der Waals surface area contributed by atoms with Gasteiger partial charge < -0.3 is 9.64 Å². The van der Waals surface area contributed by atoms with Crippen LogP contribution in [0.15, 0.2) is 48.5 Å². The van der Waals surface area contributed by atoms with E-state index in [1.807, 2.05) is 43.3 Å². The Kier molecular flexibility index (Phi) is 4.87. The van der Waals surface area contributed by atoms with Crippen molar-refractivity contribution in [1.29, 1.82) is 0 Å². The van der Waals surface area contributed by atoms with Gasteiger partial charge in [-0.15, -0.1) is 0 Å². The lowest BCUT2D eigenvalue weighted by atomic mass is 9.86. The summed E-state index contributed by atoms with van der Waals surface area (Å²) in [4.78, 5) is 2.11. The number of rotatable bonds is 4. The zero-order chi connectivity index (χ0) is 20.9. The summed E-state index contributed by atoms with van der Waals surface area (Å²) < 4.78 is 48.8. The van der Waals surface area contributed by atoms with Crippen LogP contribution in [0, 0.1) is 5.82 Å². The Morgan fingerprint density at radius 2 is 1.87 bits per heavy atom. The van der Waals surface area contributed by atoms with Gasteiger partial charge in [-0.2, -0.15) is 4.31 Å². The van der Waals surface area contributed by atoms with E-state index in [9.17, 15) is 12.8 Å². The van der Waals surface area contributed by atoms with Gasteiger partial charge >= 0.3 is 0 Å². The fourth-order valence-electron chi connectivity index (χ4n) is 4.85. The zero-order valence-corrected chi connectivity index (χ0v) is 17.9. The average Bonchev–Trinajstić information content (AvgIpc) is 2.65. The van der Waals surface area contributed by atoms with E-state index in [2.05, 4.69) is 4.90 Å². The lowest BCUT2D eigenvalue weighted by Gasteiger charge is -2.56. The molecular formula is C23H27FN2O3S. The molecule has 5 nitrogen and oxygen atoms in total. The number of benzene rings is 2. The van der Waals surface area contributed by atoms with Crippen LogP contribution in [0.25, 0.3) is 0 Å². The van der Waals surface area contributed by atoms with Gasteiger partial charge in [0, 0.05) is 43.3 Å². The molecule has 0 amide bonds. The first kappa shape index (κ1) is 20.0. The topological polar surface area (TPSA) is 49.9 Å². The van der Waals surface area contributed by atoms with Crippen molar-refractivity contribution in [2.45, 2.75) is 49.6 Å². The summed E-state index contributed by atoms with van der Waals surface area (Å²) in [5.74, 6) is -0.354. The van der Waals surface area contributed by atoms with Crippen LogP contribution < -0.4 is 4.90 Å². The third kappa shape index (κ3) is 3.33. The summed E-state index contributed by atoms with van der Waals surface area (Å²) in [7, 11) is -3.57. The largest absolute Gasteiger partial charge is 0.371 e. The van der Waals surface area contributed by atoms with Gasteiger partial charge in [0.05, 0.1) is 6.61 Å². The predicted octanol–water partition coefficient (Wildman–Crippen LogP) is 3.86. The second kappa shape index (κ2) is 7.32. The second-order valence-corrected chi connectivity index (χ2v) is 10.9. The Labute approximate surface area is 177 Å². The third-order valence-electron chi connectivity index (χ3n) is 6.85. The zero-order valence-electron chi connectivity index (χ0n) is 17.1. The first-order valence-corrected chi connectivity index (χ1v) is 12.1. The molecule has 2 aromatic rings. The molecule has 0 unspecified atom stereocenters. The van der Waals surface area contributed by atoms with E-state index < -0.39 is 15.3 Å². The summed E-state index contributed by atoms with van der Waals surface area (Å²) in [6.07, 6.45) is 2.41. The van der Waals surface area contributed by atoms with Gasteiger partial charge in [0.1, 0.15) is 16.7 Å². The van der Waals surface area contributed by atoms with Crippen molar-refractivity contribution in [3.63, 3.8) is 0 Å². The molecule has 3 heterocycles. The standard InChI is InChI=1S/C23H27FN2O3S/c1-17-7-10-22(18-5-3-2-4-6-18)30(27,28)26(17)14-19-8-9-20(13-21(19)24)25-15-23(16-25)11-12-29-23/h2-6,8-9,13,17,22H,7,10-12,14-16H2,1H3/t17-,22+/m0/s1. The molecule has 0 saturated carbocycles. The first-order chi connectivity index (χ1) is 14.4. The molecule has 3 saturated heterocycles. The van der Waals surface area contributed by atoms with Crippen molar-refractivity contribution >= 4 is 15.7 Å². The maximum Gasteiger partial charge on any atom is 0.221 e. The van der Waals surface area contributed by atoms with Crippen molar-refractivity contribution in [2.24, 2.45) is 0 Å². The number of ether oxygens (including phenoxy) is 1. The van der Waals surface area contributed by atoms with Crippen LogP contribution in [-0.4, -0.2) is 44.1 Å². The van der Waals surface area contributed by atoms with Gasteiger partial charge in [0.25, 0.3) is 0 Å². The normalized spacial score (nSPS) is 27.5. The van der Waals surface area contributed by atoms with E-state index >= 15 is 0 Å². The van der Waals surface area contributed by atoms with Crippen LogP contribution in [0.4, 0.5) is 10.1 Å². The van der Waals surface area contributed by atoms with E-state index in [0.717, 1.165) is 43.8 Å². The second-order valence-electron chi connectivity index (χ2n) is 8.83. The quantitative estimate of drug-likeness (QED) is 0.739. The highest BCUT2D eigenvalue weighted by atomic mass is 32.2. The van der Waals surface area contributed by atoms with Crippen LogP contribution in [0.5, 0.6) is 0 Å². The molecule has 2 aromatic carbocycles. The Morgan fingerprint density at radius 3 is 2.50 bits per heavy atom. The molecule has 7 heteroatoms. The summed E-state index contributed by atoms with van der Waals surface area (Å²) >= 11 is 0. The molecule has 0 bridgehead atoms.